The van der Waals surface area contributed by atoms with Crippen molar-refractivity contribution in [3.05, 3.63) is 12.2 Å². The highest BCUT2D eigenvalue weighted by Crippen LogP contribution is 2.43. The molecule has 18 heavy (non-hydrogen) atoms. The van der Waals surface area contributed by atoms with Gasteiger partial charge >= 0.3 is 14.8 Å². The number of carbonyl (C=O) groups is 1. The lowest BCUT2D eigenvalue weighted by atomic mass is 9.94. The van der Waals surface area contributed by atoms with E-state index >= 15 is 0 Å². The summed E-state index contributed by atoms with van der Waals surface area (Å²) in [5.74, 6) is 0.750. The van der Waals surface area contributed by atoms with E-state index in [1.807, 2.05) is 0 Å². The van der Waals surface area contributed by atoms with E-state index in [0.29, 0.717) is 11.8 Å². The van der Waals surface area contributed by atoms with Crippen molar-refractivity contribution >= 4 is 14.8 Å². The van der Waals surface area contributed by atoms with Crippen LogP contribution in [0.2, 0.25) is 0 Å². The quantitative estimate of drug-likeness (QED) is 0.412. The van der Waals surface area contributed by atoms with Crippen molar-refractivity contribution in [3.8, 4) is 0 Å². The number of rotatable bonds is 6. The number of allylic oxidation sites excluding steroid dienone is 2. The van der Waals surface area contributed by atoms with E-state index in [0.717, 1.165) is 12.8 Å². The Hall–Kier alpha value is -0.693. The topological polar surface area (TPSA) is 54.0 Å². The van der Waals surface area contributed by atoms with Crippen LogP contribution in [0.5, 0.6) is 0 Å². The lowest BCUT2D eigenvalue weighted by Crippen LogP contribution is -2.49. The van der Waals surface area contributed by atoms with Crippen LogP contribution in [-0.2, 0) is 22.8 Å². The van der Waals surface area contributed by atoms with Gasteiger partial charge in [-0.15, -0.1) is 0 Å². The molecule has 1 fully saturated rings. The molecule has 6 heteroatoms. The molecule has 0 spiro atoms. The molecule has 2 aliphatic rings. The predicted molar refractivity (Wildman–Crippen MR) is 66.6 cm³/mol. The summed E-state index contributed by atoms with van der Waals surface area (Å²) < 4.78 is 21.0. The number of ether oxygens (including phenoxy) is 1. The monoisotopic (exact) mass is 272 g/mol. The van der Waals surface area contributed by atoms with Gasteiger partial charge in [-0.3, -0.25) is 4.79 Å². The van der Waals surface area contributed by atoms with Gasteiger partial charge in [-0.25, -0.2) is 0 Å². The van der Waals surface area contributed by atoms with E-state index in [-0.39, 0.29) is 18.1 Å². The van der Waals surface area contributed by atoms with Gasteiger partial charge in [0.15, 0.2) is 6.23 Å². The van der Waals surface area contributed by atoms with Gasteiger partial charge in [0, 0.05) is 21.3 Å². The normalized spacial score (nSPS) is 29.8. The Morgan fingerprint density at radius 3 is 2.28 bits per heavy atom. The van der Waals surface area contributed by atoms with Gasteiger partial charge in [-0.2, -0.15) is 0 Å². The zero-order valence-electron chi connectivity index (χ0n) is 11.0. The fourth-order valence-corrected chi connectivity index (χ4v) is 3.92. The molecular weight excluding hydrogens is 252 g/mol. The summed E-state index contributed by atoms with van der Waals surface area (Å²) in [6.07, 6.45) is 6.40. The zero-order chi connectivity index (χ0) is 13.2. The molecule has 0 heterocycles. The molecule has 5 nitrogen and oxygen atoms in total. The largest absolute Gasteiger partial charge is 0.539 e. The summed E-state index contributed by atoms with van der Waals surface area (Å²) in [5.41, 5.74) is 0. The van der Waals surface area contributed by atoms with Gasteiger partial charge in [0.25, 0.3) is 0 Å². The Labute approximate surface area is 108 Å². The molecule has 2 aliphatic carbocycles. The Bertz CT molecular complexity index is 331. The molecule has 2 rings (SSSR count). The zero-order valence-corrected chi connectivity index (χ0v) is 12.0. The van der Waals surface area contributed by atoms with Crippen LogP contribution in [-0.4, -0.2) is 42.3 Å². The average Bonchev–Trinajstić information content (AvgIpc) is 3.03. The highest BCUT2D eigenvalue weighted by molar-refractivity contribution is 6.60. The first kappa shape index (κ1) is 13.7. The second-order valence-electron chi connectivity index (χ2n) is 4.79. The van der Waals surface area contributed by atoms with Crippen molar-refractivity contribution in [1.29, 1.82) is 0 Å². The van der Waals surface area contributed by atoms with Crippen LogP contribution in [0.1, 0.15) is 12.8 Å². The summed E-state index contributed by atoms with van der Waals surface area (Å²) in [5, 5.41) is 0. The van der Waals surface area contributed by atoms with Crippen molar-refractivity contribution in [2.45, 2.75) is 12.8 Å². The van der Waals surface area contributed by atoms with Gasteiger partial charge in [-0.05, 0) is 24.7 Å². The fraction of sp³-hybridized carbons (Fsp3) is 0.750. The summed E-state index contributed by atoms with van der Waals surface area (Å²) in [7, 11) is 1.71. The van der Waals surface area contributed by atoms with Gasteiger partial charge in [0.2, 0.25) is 0 Å². The number of carbonyl (C=O) groups excluding carboxylic acids is 1. The van der Waals surface area contributed by atoms with E-state index in [2.05, 4.69) is 12.2 Å². The van der Waals surface area contributed by atoms with Crippen LogP contribution >= 0.6 is 0 Å². The third-order valence-electron chi connectivity index (χ3n) is 3.91. The fourth-order valence-electron chi connectivity index (χ4n) is 2.75. The number of esters is 1. The van der Waals surface area contributed by atoms with E-state index in [1.165, 1.54) is 21.3 Å². The number of fused-ring (bicyclic) bond motifs is 2. The van der Waals surface area contributed by atoms with Crippen LogP contribution < -0.4 is 0 Å². The average molecular weight is 272 g/mol. The molecule has 0 N–H and O–H groups in total. The van der Waals surface area contributed by atoms with E-state index in [4.69, 9.17) is 18.0 Å². The molecule has 0 aromatic carbocycles. The van der Waals surface area contributed by atoms with Crippen molar-refractivity contribution in [2.75, 3.05) is 27.6 Å². The van der Waals surface area contributed by atoms with Gasteiger partial charge in [-0.1, -0.05) is 12.2 Å². The summed E-state index contributed by atoms with van der Waals surface area (Å²) in [6.45, 7) is 0. The lowest BCUT2D eigenvalue weighted by molar-refractivity contribution is -0.149. The Balaban J connectivity index is 1.86. The Morgan fingerprint density at radius 2 is 1.83 bits per heavy atom. The van der Waals surface area contributed by atoms with Crippen molar-refractivity contribution < 1.29 is 22.8 Å². The third kappa shape index (κ3) is 2.51. The molecule has 2 bridgehead atoms. The SMILES string of the molecule is CO[Si](COC(=O)C1CC2C=CC1C2)(OC)OC. The van der Waals surface area contributed by atoms with Crippen molar-refractivity contribution in [1.82, 2.24) is 0 Å². The molecule has 0 aromatic heterocycles. The summed E-state index contributed by atoms with van der Waals surface area (Å²) in [6, 6.07) is 0. The minimum Gasteiger partial charge on any atom is -0.461 e. The standard InChI is InChI=1S/C12H20O5Si/c1-14-18(15-2,16-3)8-17-12(13)11-7-9-4-5-10(11)6-9/h4-5,9-11H,6-8H2,1-3H3. The first-order valence-corrected chi connectivity index (χ1v) is 8.07. The van der Waals surface area contributed by atoms with Gasteiger partial charge in [0.1, 0.15) is 0 Å². The molecule has 102 valence electrons. The minimum absolute atomic E-state index is 0.00253. The van der Waals surface area contributed by atoms with E-state index in [9.17, 15) is 4.79 Å². The lowest BCUT2D eigenvalue weighted by Gasteiger charge is -2.25. The third-order valence-corrected chi connectivity index (χ3v) is 6.27. The molecule has 3 unspecified atom stereocenters. The van der Waals surface area contributed by atoms with Gasteiger partial charge < -0.3 is 18.0 Å². The van der Waals surface area contributed by atoms with Crippen LogP contribution in [0.25, 0.3) is 0 Å². The second kappa shape index (κ2) is 5.52. The first-order chi connectivity index (χ1) is 8.64. The maximum absolute atomic E-state index is 12.0. The molecule has 1 saturated carbocycles. The summed E-state index contributed by atoms with van der Waals surface area (Å²) in [4.78, 5) is 12.0. The minimum atomic E-state index is -2.81. The second-order valence-corrected chi connectivity index (χ2v) is 7.67. The highest BCUT2D eigenvalue weighted by atomic mass is 28.4. The van der Waals surface area contributed by atoms with Crippen LogP contribution in [0, 0.1) is 17.8 Å². The molecular formula is C12H20O5Si. The Kier molecular flexibility index (Phi) is 4.21. The molecule has 3 atom stereocenters. The van der Waals surface area contributed by atoms with Crippen molar-refractivity contribution in [3.63, 3.8) is 0 Å². The molecule has 0 radical (unpaired) electrons. The molecule has 0 aliphatic heterocycles. The molecule has 0 amide bonds. The predicted octanol–water partition coefficient (Wildman–Crippen LogP) is 1.16. The van der Waals surface area contributed by atoms with Crippen LogP contribution in [0.3, 0.4) is 0 Å². The number of hydrogen-bond donors (Lipinski definition) is 0. The maximum Gasteiger partial charge on any atom is 0.539 e. The number of hydrogen-bond acceptors (Lipinski definition) is 5. The van der Waals surface area contributed by atoms with Gasteiger partial charge in [0.05, 0.1) is 5.92 Å². The highest BCUT2D eigenvalue weighted by Gasteiger charge is 2.44. The van der Waals surface area contributed by atoms with E-state index < -0.39 is 8.80 Å². The van der Waals surface area contributed by atoms with Crippen LogP contribution in [0.15, 0.2) is 12.2 Å². The van der Waals surface area contributed by atoms with Crippen LogP contribution in [0.4, 0.5) is 0 Å². The first-order valence-electron chi connectivity index (χ1n) is 6.14. The smallest absolute Gasteiger partial charge is 0.461 e. The summed E-state index contributed by atoms with van der Waals surface area (Å²) >= 11 is 0. The molecule has 0 saturated heterocycles. The Morgan fingerprint density at radius 1 is 1.17 bits per heavy atom. The van der Waals surface area contributed by atoms with E-state index in [1.54, 1.807) is 0 Å². The maximum atomic E-state index is 12.0. The van der Waals surface area contributed by atoms with Crippen molar-refractivity contribution in [2.24, 2.45) is 17.8 Å². The molecule has 0 aromatic rings.